The van der Waals surface area contributed by atoms with Crippen molar-refractivity contribution in [1.82, 2.24) is 24.8 Å². The highest BCUT2D eigenvalue weighted by Crippen LogP contribution is 2.44. The predicted molar refractivity (Wildman–Crippen MR) is 111 cm³/mol. The van der Waals surface area contributed by atoms with Crippen LogP contribution in [0.25, 0.3) is 11.0 Å². The van der Waals surface area contributed by atoms with Crippen molar-refractivity contribution in [2.75, 3.05) is 32.1 Å². The van der Waals surface area contributed by atoms with Crippen molar-refractivity contribution in [3.05, 3.63) is 53.6 Å². The Morgan fingerprint density at radius 3 is 2.76 bits per heavy atom. The molecule has 1 aliphatic heterocycles. The smallest absolute Gasteiger partial charge is 0.253 e. The summed E-state index contributed by atoms with van der Waals surface area (Å²) in [5.41, 5.74) is 4.53. The fourth-order valence-corrected chi connectivity index (χ4v) is 4.73. The number of nitrogens with zero attached hydrogens (tertiary/aromatic N) is 6. The van der Waals surface area contributed by atoms with Gasteiger partial charge in [-0.3, -0.25) is 14.8 Å². The molecule has 5 rings (SSSR count). The van der Waals surface area contributed by atoms with Gasteiger partial charge in [-0.05, 0) is 49.4 Å². The van der Waals surface area contributed by atoms with E-state index in [4.69, 9.17) is 4.98 Å². The summed E-state index contributed by atoms with van der Waals surface area (Å²) in [6.45, 7) is 1.49. The van der Waals surface area contributed by atoms with Crippen molar-refractivity contribution in [3.8, 4) is 0 Å². The van der Waals surface area contributed by atoms with E-state index in [0.717, 1.165) is 54.9 Å². The summed E-state index contributed by atoms with van der Waals surface area (Å²) >= 11 is 0. The van der Waals surface area contributed by atoms with E-state index in [1.54, 1.807) is 12.4 Å². The highest BCUT2D eigenvalue weighted by atomic mass is 16.2. The van der Waals surface area contributed by atoms with Gasteiger partial charge in [0.15, 0.2) is 0 Å². The van der Waals surface area contributed by atoms with Gasteiger partial charge in [-0.25, -0.2) is 9.97 Å². The first-order chi connectivity index (χ1) is 14.1. The third-order valence-corrected chi connectivity index (χ3v) is 6.21. The van der Waals surface area contributed by atoms with Gasteiger partial charge in [0.2, 0.25) is 5.95 Å². The van der Waals surface area contributed by atoms with Gasteiger partial charge in [0.1, 0.15) is 0 Å². The maximum Gasteiger partial charge on any atom is 0.253 e. The summed E-state index contributed by atoms with van der Waals surface area (Å²) in [4.78, 5) is 35.3. The lowest BCUT2D eigenvalue weighted by Gasteiger charge is -2.40. The quantitative estimate of drug-likeness (QED) is 0.672. The lowest BCUT2D eigenvalue weighted by molar-refractivity contribution is 0.0633. The number of aromatic nitrogens is 4. The molecular formula is C22H24N6O. The van der Waals surface area contributed by atoms with Crippen LogP contribution in [0.15, 0.2) is 36.8 Å². The van der Waals surface area contributed by atoms with Crippen LogP contribution in [-0.2, 0) is 11.8 Å². The third kappa shape index (κ3) is 3.01. The SMILES string of the molecule is CN(C)c1ncc2c(n1)C1(CCCN(C(=O)c3ccc4nccnc4c3)C1)CC2. The number of likely N-dealkylation sites (tertiary alicyclic amines) is 1. The largest absolute Gasteiger partial charge is 0.347 e. The first-order valence-electron chi connectivity index (χ1n) is 10.1. The van der Waals surface area contributed by atoms with Crippen LogP contribution in [-0.4, -0.2) is 57.9 Å². The minimum atomic E-state index is -0.0619. The summed E-state index contributed by atoms with van der Waals surface area (Å²) in [6.07, 6.45) is 9.35. The lowest BCUT2D eigenvalue weighted by atomic mass is 9.77. The van der Waals surface area contributed by atoms with Gasteiger partial charge in [-0.2, -0.15) is 0 Å². The molecule has 0 saturated carbocycles. The van der Waals surface area contributed by atoms with Gasteiger partial charge in [-0.1, -0.05) is 0 Å². The Kier molecular flexibility index (Phi) is 4.19. The average molecular weight is 388 g/mol. The van der Waals surface area contributed by atoms with Gasteiger partial charge in [0.25, 0.3) is 5.91 Å². The number of anilines is 1. The number of fused-ring (bicyclic) bond motifs is 3. The van der Waals surface area contributed by atoms with Crippen LogP contribution in [0.2, 0.25) is 0 Å². The lowest BCUT2D eigenvalue weighted by Crippen LogP contribution is -2.48. The highest BCUT2D eigenvalue weighted by Gasteiger charge is 2.45. The fourth-order valence-electron chi connectivity index (χ4n) is 4.73. The van der Waals surface area contributed by atoms with Gasteiger partial charge >= 0.3 is 0 Å². The number of carbonyl (C=O) groups excluding carboxylic acids is 1. The molecule has 0 bridgehead atoms. The Balaban J connectivity index is 1.45. The van der Waals surface area contributed by atoms with Crippen molar-refractivity contribution in [2.45, 2.75) is 31.1 Å². The molecule has 3 heterocycles. The number of aryl methyl sites for hydroxylation is 1. The van der Waals surface area contributed by atoms with E-state index in [0.29, 0.717) is 12.1 Å². The van der Waals surface area contributed by atoms with Crippen LogP contribution in [0.5, 0.6) is 0 Å². The molecule has 1 unspecified atom stereocenters. The van der Waals surface area contributed by atoms with Gasteiger partial charge in [0, 0.05) is 56.8 Å². The van der Waals surface area contributed by atoms with Crippen LogP contribution in [0.1, 0.15) is 40.9 Å². The van der Waals surface area contributed by atoms with Crippen molar-refractivity contribution in [3.63, 3.8) is 0 Å². The molecule has 2 aromatic heterocycles. The van der Waals surface area contributed by atoms with E-state index in [1.165, 1.54) is 5.56 Å². The zero-order valence-electron chi connectivity index (χ0n) is 16.8. The van der Waals surface area contributed by atoms with E-state index < -0.39 is 0 Å². The molecule has 29 heavy (non-hydrogen) atoms. The number of benzene rings is 1. The maximum atomic E-state index is 13.3. The number of rotatable bonds is 2. The number of carbonyl (C=O) groups is 1. The highest BCUT2D eigenvalue weighted by molar-refractivity contribution is 5.97. The van der Waals surface area contributed by atoms with E-state index in [9.17, 15) is 4.79 Å². The van der Waals surface area contributed by atoms with Crippen LogP contribution in [0.3, 0.4) is 0 Å². The Labute approximate surface area is 169 Å². The predicted octanol–water partition coefficient (Wildman–Crippen LogP) is 2.61. The molecule has 7 nitrogen and oxygen atoms in total. The summed E-state index contributed by atoms with van der Waals surface area (Å²) in [5, 5.41) is 0. The van der Waals surface area contributed by atoms with E-state index in [2.05, 4.69) is 15.0 Å². The second-order valence-electron chi connectivity index (χ2n) is 8.31. The molecule has 1 amide bonds. The molecule has 1 spiro atoms. The minimum Gasteiger partial charge on any atom is -0.347 e. The molecule has 7 heteroatoms. The van der Waals surface area contributed by atoms with Crippen LogP contribution in [0, 0.1) is 0 Å². The molecule has 2 aliphatic rings. The van der Waals surface area contributed by atoms with E-state index in [1.807, 2.05) is 48.3 Å². The second-order valence-corrected chi connectivity index (χ2v) is 8.31. The monoisotopic (exact) mass is 388 g/mol. The Morgan fingerprint density at radius 1 is 1.10 bits per heavy atom. The molecule has 0 N–H and O–H groups in total. The average Bonchev–Trinajstić information content (AvgIpc) is 3.10. The summed E-state index contributed by atoms with van der Waals surface area (Å²) < 4.78 is 0. The first kappa shape index (κ1) is 18.0. The summed E-state index contributed by atoms with van der Waals surface area (Å²) in [7, 11) is 3.92. The topological polar surface area (TPSA) is 75.1 Å². The second kappa shape index (κ2) is 6.76. The molecule has 1 aromatic carbocycles. The molecule has 1 saturated heterocycles. The molecular weight excluding hydrogens is 364 g/mol. The Morgan fingerprint density at radius 2 is 1.93 bits per heavy atom. The number of amides is 1. The third-order valence-electron chi connectivity index (χ3n) is 6.21. The van der Waals surface area contributed by atoms with Crippen LogP contribution >= 0.6 is 0 Å². The molecule has 1 fully saturated rings. The first-order valence-corrected chi connectivity index (χ1v) is 10.1. The maximum absolute atomic E-state index is 13.3. The Hall–Kier alpha value is -3.09. The van der Waals surface area contributed by atoms with Gasteiger partial charge in [-0.15, -0.1) is 0 Å². The standard InChI is InChI=1S/C22H24N6O/c1-27(2)21-25-13-16-6-8-22(19(16)26-21)7-3-11-28(14-22)20(29)15-4-5-17-18(12-15)24-10-9-23-17/h4-5,9-10,12-13H,3,6-8,11,14H2,1-2H3. The number of hydrogen-bond acceptors (Lipinski definition) is 6. The van der Waals surface area contributed by atoms with Gasteiger partial charge in [0.05, 0.1) is 16.7 Å². The summed E-state index contributed by atoms with van der Waals surface area (Å²) in [6, 6.07) is 5.58. The normalized spacial score (nSPS) is 20.8. The zero-order valence-corrected chi connectivity index (χ0v) is 16.8. The molecule has 1 atom stereocenters. The van der Waals surface area contributed by atoms with Gasteiger partial charge < -0.3 is 9.80 Å². The van der Waals surface area contributed by atoms with E-state index in [-0.39, 0.29) is 11.3 Å². The number of piperidine rings is 1. The summed E-state index contributed by atoms with van der Waals surface area (Å²) in [5.74, 6) is 0.800. The van der Waals surface area contributed by atoms with Crippen molar-refractivity contribution >= 4 is 22.9 Å². The Bertz CT molecular complexity index is 1090. The number of hydrogen-bond donors (Lipinski definition) is 0. The van der Waals surface area contributed by atoms with Crippen molar-refractivity contribution in [1.29, 1.82) is 0 Å². The fraction of sp³-hybridized carbons (Fsp3) is 0.409. The molecule has 0 radical (unpaired) electrons. The van der Waals surface area contributed by atoms with E-state index >= 15 is 0 Å². The minimum absolute atomic E-state index is 0.0619. The van der Waals surface area contributed by atoms with Crippen LogP contribution < -0.4 is 4.90 Å². The van der Waals surface area contributed by atoms with Crippen LogP contribution in [0.4, 0.5) is 5.95 Å². The molecule has 3 aromatic rings. The molecule has 148 valence electrons. The zero-order chi connectivity index (χ0) is 20.0. The van der Waals surface area contributed by atoms with Crippen molar-refractivity contribution in [2.24, 2.45) is 0 Å². The molecule has 1 aliphatic carbocycles. The van der Waals surface area contributed by atoms with Crippen molar-refractivity contribution < 1.29 is 4.79 Å².